The number of benzene rings is 1. The topological polar surface area (TPSA) is 149 Å². The van der Waals surface area contributed by atoms with Gasteiger partial charge in [0.2, 0.25) is 0 Å². The van der Waals surface area contributed by atoms with E-state index in [1.54, 1.807) is 45.1 Å². The number of phenolic OH excluding ortho intramolecular Hbond substituents is 1. The van der Waals surface area contributed by atoms with E-state index in [4.69, 9.17) is 18.9 Å². The Labute approximate surface area is 281 Å². The van der Waals surface area contributed by atoms with Crippen molar-refractivity contribution >= 4 is 24.1 Å². The van der Waals surface area contributed by atoms with Crippen LogP contribution in [0.1, 0.15) is 103 Å². The van der Waals surface area contributed by atoms with Gasteiger partial charge in [0.05, 0.1) is 22.9 Å². The standard InChI is InChI=1S/C38H46O10/c1-20(2)9-10-24-31-23(12-14-36(8,46-31)15-13-27(40)34(4,5)44)29(41)28-30(42)25-17-22-18-26-35(6,7)48-37(33(22)43,16-11-21(3)45-19-39)38(25,26)47-32(24)28/h9,11-12,14,17,19,22,26-27,40-41,44H,10,13,15-16,18H2,1-8H3/t22?,26?,27?,36-,37?,38+/m0/s1. The predicted molar refractivity (Wildman–Crippen MR) is 177 cm³/mol. The van der Waals surface area contributed by atoms with Crippen molar-refractivity contribution in [2.75, 3.05) is 0 Å². The average Bonchev–Trinajstić information content (AvgIpc) is 3.15. The van der Waals surface area contributed by atoms with Crippen LogP contribution in [0, 0.1) is 11.8 Å². The highest BCUT2D eigenvalue weighted by Gasteiger charge is 2.81. The van der Waals surface area contributed by atoms with E-state index in [2.05, 4.69) is 0 Å². The molecule has 3 aliphatic carbocycles. The molecule has 1 saturated heterocycles. The normalized spacial score (nSPS) is 31.5. The zero-order valence-corrected chi connectivity index (χ0v) is 28.9. The first kappa shape index (κ1) is 34.1. The average molecular weight is 663 g/mol. The third kappa shape index (κ3) is 4.90. The maximum Gasteiger partial charge on any atom is 0.298 e. The largest absolute Gasteiger partial charge is 0.506 e. The number of carbonyl (C=O) groups excluding carboxylic acids is 3. The summed E-state index contributed by atoms with van der Waals surface area (Å²) in [6.45, 7) is 14.6. The summed E-state index contributed by atoms with van der Waals surface area (Å²) in [5.41, 5.74) is -4.01. The number of aliphatic hydroxyl groups excluding tert-OH is 1. The maximum absolute atomic E-state index is 14.8. The first-order valence-corrected chi connectivity index (χ1v) is 16.6. The molecule has 4 unspecified atom stereocenters. The van der Waals surface area contributed by atoms with Crippen LogP contribution in [0.25, 0.3) is 6.08 Å². The van der Waals surface area contributed by atoms with Crippen molar-refractivity contribution in [3.8, 4) is 17.2 Å². The minimum Gasteiger partial charge on any atom is -0.506 e. The smallest absolute Gasteiger partial charge is 0.298 e. The fourth-order valence-electron chi connectivity index (χ4n) is 8.33. The molecular formula is C38H46O10. The van der Waals surface area contributed by atoms with Crippen molar-refractivity contribution in [2.45, 2.75) is 122 Å². The van der Waals surface area contributed by atoms with E-state index in [0.29, 0.717) is 48.2 Å². The summed E-state index contributed by atoms with van der Waals surface area (Å²) in [6, 6.07) is 0. The Bertz CT molecular complexity index is 1720. The zero-order valence-electron chi connectivity index (χ0n) is 28.9. The molecule has 10 nitrogen and oxygen atoms in total. The van der Waals surface area contributed by atoms with Gasteiger partial charge in [-0.25, -0.2) is 0 Å². The molecule has 1 saturated carbocycles. The molecule has 3 aliphatic heterocycles. The van der Waals surface area contributed by atoms with Crippen LogP contribution in [0.2, 0.25) is 0 Å². The van der Waals surface area contributed by atoms with Crippen molar-refractivity contribution in [1.82, 2.24) is 0 Å². The Balaban J connectivity index is 1.55. The van der Waals surface area contributed by atoms with E-state index in [-0.39, 0.29) is 41.4 Å². The minimum absolute atomic E-state index is 0.00293. The Kier molecular flexibility index (Phi) is 7.93. The van der Waals surface area contributed by atoms with Gasteiger partial charge in [-0.05, 0) is 99.3 Å². The van der Waals surface area contributed by atoms with E-state index >= 15 is 0 Å². The van der Waals surface area contributed by atoms with Crippen LogP contribution < -0.4 is 9.47 Å². The predicted octanol–water partition coefficient (Wildman–Crippen LogP) is 5.45. The van der Waals surface area contributed by atoms with E-state index in [0.717, 1.165) is 5.57 Å². The molecule has 1 aromatic rings. The van der Waals surface area contributed by atoms with Gasteiger partial charge >= 0.3 is 0 Å². The van der Waals surface area contributed by atoms with Crippen molar-refractivity contribution in [2.24, 2.45) is 11.8 Å². The van der Waals surface area contributed by atoms with Crippen molar-refractivity contribution < 1.29 is 48.7 Å². The number of ketones is 2. The summed E-state index contributed by atoms with van der Waals surface area (Å²) in [5, 5.41) is 32.7. The molecule has 48 heavy (non-hydrogen) atoms. The summed E-state index contributed by atoms with van der Waals surface area (Å²) >= 11 is 0. The molecule has 0 aromatic heterocycles. The van der Waals surface area contributed by atoms with Gasteiger partial charge in [0.15, 0.2) is 22.8 Å². The van der Waals surface area contributed by atoms with Crippen LogP contribution in [0.3, 0.4) is 0 Å². The molecule has 7 rings (SSSR count). The van der Waals surface area contributed by atoms with Gasteiger partial charge in [-0.15, -0.1) is 0 Å². The van der Waals surface area contributed by atoms with E-state index in [9.17, 15) is 29.7 Å². The third-order valence-corrected chi connectivity index (χ3v) is 10.9. The zero-order chi connectivity index (χ0) is 35.2. The molecule has 1 spiro atoms. The Morgan fingerprint density at radius 3 is 2.48 bits per heavy atom. The Hall–Kier alpha value is -3.73. The van der Waals surface area contributed by atoms with E-state index < -0.39 is 51.7 Å². The molecule has 4 bridgehead atoms. The lowest BCUT2D eigenvalue weighted by Crippen LogP contribution is -2.72. The maximum atomic E-state index is 14.8. The van der Waals surface area contributed by atoms with Gasteiger partial charge in [0, 0.05) is 29.4 Å². The quantitative estimate of drug-likeness (QED) is 0.168. The summed E-state index contributed by atoms with van der Waals surface area (Å²) < 4.78 is 25.6. The monoisotopic (exact) mass is 662 g/mol. The van der Waals surface area contributed by atoms with E-state index in [1.807, 2.05) is 40.7 Å². The first-order valence-electron chi connectivity index (χ1n) is 16.6. The fraction of sp³-hybridized carbons (Fsp3) is 0.553. The summed E-state index contributed by atoms with van der Waals surface area (Å²) in [5.74, 6) is -1.11. The van der Waals surface area contributed by atoms with Crippen LogP contribution in [0.5, 0.6) is 17.2 Å². The molecule has 6 atom stereocenters. The number of phenols is 1. The van der Waals surface area contributed by atoms with E-state index in [1.165, 1.54) is 0 Å². The number of Topliss-reactive ketones (excluding diaryl/α,β-unsaturated/α-hetero) is 2. The molecule has 3 heterocycles. The second kappa shape index (κ2) is 11.1. The second-order valence-corrected chi connectivity index (χ2v) is 15.5. The van der Waals surface area contributed by atoms with Crippen LogP contribution in [0.4, 0.5) is 0 Å². The van der Waals surface area contributed by atoms with Gasteiger partial charge in [-0.3, -0.25) is 14.4 Å². The molecule has 6 aliphatic rings. The van der Waals surface area contributed by atoms with Crippen molar-refractivity contribution in [1.29, 1.82) is 0 Å². The third-order valence-electron chi connectivity index (χ3n) is 10.9. The number of rotatable bonds is 10. The lowest BCUT2D eigenvalue weighted by atomic mass is 9.51. The number of fused-ring (bicyclic) bond motifs is 2. The fourth-order valence-corrected chi connectivity index (χ4v) is 8.33. The van der Waals surface area contributed by atoms with Crippen LogP contribution in [0.15, 0.2) is 41.2 Å². The number of carbonyl (C=O) groups is 3. The number of ether oxygens (including phenoxy) is 4. The Morgan fingerprint density at radius 2 is 1.83 bits per heavy atom. The molecule has 3 N–H and O–H groups in total. The second-order valence-electron chi connectivity index (χ2n) is 15.5. The van der Waals surface area contributed by atoms with Crippen LogP contribution >= 0.6 is 0 Å². The van der Waals surface area contributed by atoms with Crippen LogP contribution in [-0.2, 0) is 25.5 Å². The molecular weight excluding hydrogens is 616 g/mol. The van der Waals surface area contributed by atoms with Gasteiger partial charge in [0.25, 0.3) is 6.47 Å². The number of aromatic hydroxyl groups is 1. The molecule has 0 radical (unpaired) electrons. The number of hydrogen-bond donors (Lipinski definition) is 3. The highest BCUT2D eigenvalue weighted by molar-refractivity contribution is 6.19. The number of allylic oxidation sites excluding steroid dienone is 4. The summed E-state index contributed by atoms with van der Waals surface area (Å²) in [7, 11) is 0. The minimum atomic E-state index is -1.60. The summed E-state index contributed by atoms with van der Waals surface area (Å²) in [4.78, 5) is 40.2. The SMILES string of the molecule is CC(C)=CCc1c2c(c(O)c3c1O[C@]14C(=CC5CC1C(C)(C)OC4(CC=C(C)OC=O)C5=O)C3=O)C=C[C@@](C)(CCC(O)C(C)(C)O)O2. The molecule has 258 valence electrons. The molecule has 0 amide bonds. The molecule has 10 heteroatoms. The molecule has 2 fully saturated rings. The number of aliphatic hydroxyl groups is 2. The van der Waals surface area contributed by atoms with Gasteiger partial charge in [0.1, 0.15) is 34.2 Å². The van der Waals surface area contributed by atoms with Gasteiger partial charge < -0.3 is 34.3 Å². The van der Waals surface area contributed by atoms with Crippen LogP contribution in [-0.4, -0.2) is 67.5 Å². The first-order chi connectivity index (χ1) is 22.3. The highest BCUT2D eigenvalue weighted by atomic mass is 16.6. The highest BCUT2D eigenvalue weighted by Crippen LogP contribution is 2.68. The Morgan fingerprint density at radius 1 is 1.12 bits per heavy atom. The van der Waals surface area contributed by atoms with Gasteiger partial charge in [-0.2, -0.15) is 0 Å². The van der Waals surface area contributed by atoms with Crippen molar-refractivity contribution in [3.63, 3.8) is 0 Å². The lowest BCUT2D eigenvalue weighted by Gasteiger charge is -2.56. The van der Waals surface area contributed by atoms with Crippen molar-refractivity contribution in [3.05, 3.63) is 57.9 Å². The molecule has 1 aromatic carbocycles. The lowest BCUT2D eigenvalue weighted by molar-refractivity contribution is -0.171. The number of hydrogen-bond acceptors (Lipinski definition) is 10. The summed E-state index contributed by atoms with van der Waals surface area (Å²) in [6.07, 6.45) is 9.15. The van der Waals surface area contributed by atoms with Gasteiger partial charge in [-0.1, -0.05) is 17.7 Å².